The van der Waals surface area contributed by atoms with Gasteiger partial charge in [0.05, 0.1) is 12.6 Å². The molecule has 3 N–H and O–H groups in total. The van der Waals surface area contributed by atoms with Crippen molar-refractivity contribution in [1.29, 1.82) is 0 Å². The first kappa shape index (κ1) is 26.5. The van der Waals surface area contributed by atoms with Crippen molar-refractivity contribution in [3.8, 4) is 5.75 Å². The molecule has 1 aliphatic heterocycles. The van der Waals surface area contributed by atoms with Crippen LogP contribution < -0.4 is 20.7 Å². The molecule has 1 atom stereocenters. The smallest absolute Gasteiger partial charge is 0.224 e. The molecule has 8 heteroatoms. The highest BCUT2D eigenvalue weighted by Crippen LogP contribution is 2.26. The number of anilines is 1. The number of carbonyl (C=O) groups is 1. The van der Waals surface area contributed by atoms with Gasteiger partial charge in [0.25, 0.3) is 0 Å². The summed E-state index contributed by atoms with van der Waals surface area (Å²) in [7, 11) is 0. The number of hydrogen-bond donors (Lipinski definition) is 3. The lowest BCUT2D eigenvalue weighted by molar-refractivity contribution is -0.116. The SMILES string of the molecule is CCNC(=NCCC(OCC)C(C)C)NCCOc1ccc2c(c1)CCC(=O)N2.I. The molecule has 1 amide bonds. The third-order valence-corrected chi connectivity index (χ3v) is 4.79. The van der Waals surface area contributed by atoms with Crippen LogP contribution in [0.1, 0.15) is 46.1 Å². The largest absolute Gasteiger partial charge is 0.492 e. The predicted molar refractivity (Wildman–Crippen MR) is 133 cm³/mol. The van der Waals surface area contributed by atoms with E-state index >= 15 is 0 Å². The van der Waals surface area contributed by atoms with E-state index in [1.807, 2.05) is 25.1 Å². The molecule has 2 rings (SSSR count). The Morgan fingerprint density at radius 3 is 2.73 bits per heavy atom. The van der Waals surface area contributed by atoms with Crippen LogP contribution in [0.2, 0.25) is 0 Å². The molecule has 1 aromatic carbocycles. The van der Waals surface area contributed by atoms with Crippen LogP contribution in [0.3, 0.4) is 0 Å². The van der Waals surface area contributed by atoms with E-state index in [1.165, 1.54) is 0 Å². The summed E-state index contributed by atoms with van der Waals surface area (Å²) < 4.78 is 11.6. The summed E-state index contributed by atoms with van der Waals surface area (Å²) in [5, 5.41) is 9.46. The molecule has 0 aromatic heterocycles. The van der Waals surface area contributed by atoms with Crippen molar-refractivity contribution in [3.05, 3.63) is 23.8 Å². The molecule has 1 aliphatic rings. The van der Waals surface area contributed by atoms with Crippen molar-refractivity contribution in [2.45, 2.75) is 53.1 Å². The quantitative estimate of drug-likeness (QED) is 0.176. The van der Waals surface area contributed by atoms with Gasteiger partial charge in [-0.15, -0.1) is 24.0 Å². The fraction of sp³-hybridized carbons (Fsp3) is 0.636. The molecular formula is C22H37IN4O3. The zero-order valence-electron chi connectivity index (χ0n) is 18.6. The highest BCUT2D eigenvalue weighted by molar-refractivity contribution is 14.0. The van der Waals surface area contributed by atoms with E-state index in [1.54, 1.807) is 0 Å². The summed E-state index contributed by atoms with van der Waals surface area (Å²) in [5.74, 6) is 2.17. The topological polar surface area (TPSA) is 84.0 Å². The molecule has 0 radical (unpaired) electrons. The van der Waals surface area contributed by atoms with E-state index in [4.69, 9.17) is 9.47 Å². The first-order valence-electron chi connectivity index (χ1n) is 10.7. The first-order chi connectivity index (χ1) is 14.0. The van der Waals surface area contributed by atoms with Gasteiger partial charge in [-0.1, -0.05) is 13.8 Å². The minimum atomic E-state index is 0. The van der Waals surface area contributed by atoms with Gasteiger partial charge in [0.2, 0.25) is 5.91 Å². The number of fused-ring (bicyclic) bond motifs is 1. The second-order valence-corrected chi connectivity index (χ2v) is 7.43. The van der Waals surface area contributed by atoms with E-state index in [9.17, 15) is 4.79 Å². The number of aliphatic imine (C=N–C) groups is 1. The van der Waals surface area contributed by atoms with Gasteiger partial charge in [0.15, 0.2) is 5.96 Å². The third-order valence-electron chi connectivity index (χ3n) is 4.79. The lowest BCUT2D eigenvalue weighted by atomic mass is 10.0. The van der Waals surface area contributed by atoms with E-state index in [2.05, 4.69) is 41.7 Å². The summed E-state index contributed by atoms with van der Waals surface area (Å²) >= 11 is 0. The Balaban J connectivity index is 0.00000450. The molecule has 0 spiro atoms. The van der Waals surface area contributed by atoms with Gasteiger partial charge in [-0.25, -0.2) is 0 Å². The van der Waals surface area contributed by atoms with Gasteiger partial charge in [0, 0.05) is 31.8 Å². The lowest BCUT2D eigenvalue weighted by Crippen LogP contribution is -2.39. The summed E-state index contributed by atoms with van der Waals surface area (Å²) in [4.78, 5) is 16.1. The number of benzene rings is 1. The molecule has 1 unspecified atom stereocenters. The second-order valence-electron chi connectivity index (χ2n) is 7.43. The number of carbonyl (C=O) groups excluding carboxylic acids is 1. The fourth-order valence-electron chi connectivity index (χ4n) is 3.26. The molecule has 30 heavy (non-hydrogen) atoms. The van der Waals surface area contributed by atoms with Crippen LogP contribution in [-0.4, -0.2) is 50.8 Å². The molecule has 0 aliphatic carbocycles. The number of nitrogens with one attached hydrogen (secondary N) is 3. The Labute approximate surface area is 197 Å². The average Bonchev–Trinajstić information content (AvgIpc) is 2.70. The van der Waals surface area contributed by atoms with Gasteiger partial charge in [-0.3, -0.25) is 9.79 Å². The Hall–Kier alpha value is -1.55. The van der Waals surface area contributed by atoms with Crippen molar-refractivity contribution in [1.82, 2.24) is 10.6 Å². The standard InChI is InChI=1S/C22H36N4O3.HI/c1-5-23-22(24-12-11-20(16(3)4)28-6-2)25-13-14-29-18-8-9-19-17(15-18)7-10-21(27)26-19;/h8-9,15-16,20H,5-7,10-14H2,1-4H3,(H,26,27)(H2,23,24,25);1H. The number of ether oxygens (including phenoxy) is 2. The normalized spacial score (nSPS) is 14.4. The molecule has 1 aromatic rings. The van der Waals surface area contributed by atoms with E-state index in [0.29, 0.717) is 25.5 Å². The minimum absolute atomic E-state index is 0. The van der Waals surface area contributed by atoms with Crippen molar-refractivity contribution < 1.29 is 14.3 Å². The number of hydrogen-bond acceptors (Lipinski definition) is 4. The van der Waals surface area contributed by atoms with Gasteiger partial charge in [-0.05, 0) is 56.4 Å². The minimum Gasteiger partial charge on any atom is -0.492 e. The number of aryl methyl sites for hydroxylation is 1. The van der Waals surface area contributed by atoms with E-state index in [0.717, 1.165) is 55.5 Å². The number of amides is 1. The van der Waals surface area contributed by atoms with Crippen molar-refractivity contribution >= 4 is 41.5 Å². The van der Waals surface area contributed by atoms with Crippen molar-refractivity contribution in [2.24, 2.45) is 10.9 Å². The van der Waals surface area contributed by atoms with Crippen LogP contribution in [0.5, 0.6) is 5.75 Å². The average molecular weight is 532 g/mol. The molecule has 0 saturated carbocycles. The molecule has 1 heterocycles. The molecule has 0 fully saturated rings. The highest BCUT2D eigenvalue weighted by atomic mass is 127. The predicted octanol–water partition coefficient (Wildman–Crippen LogP) is 3.57. The Morgan fingerprint density at radius 2 is 2.03 bits per heavy atom. The highest BCUT2D eigenvalue weighted by Gasteiger charge is 2.15. The van der Waals surface area contributed by atoms with Crippen molar-refractivity contribution in [2.75, 3.05) is 38.2 Å². The van der Waals surface area contributed by atoms with Gasteiger partial charge in [0.1, 0.15) is 12.4 Å². The molecular weight excluding hydrogens is 495 g/mol. The number of halogens is 1. The maximum Gasteiger partial charge on any atom is 0.224 e. The summed E-state index contributed by atoms with van der Waals surface area (Å²) in [5.41, 5.74) is 2.01. The summed E-state index contributed by atoms with van der Waals surface area (Å²) in [6.45, 7) is 11.9. The maximum atomic E-state index is 11.4. The molecule has 7 nitrogen and oxygen atoms in total. The Bertz CT molecular complexity index is 682. The third kappa shape index (κ3) is 9.07. The fourth-order valence-corrected chi connectivity index (χ4v) is 3.26. The van der Waals surface area contributed by atoms with Crippen LogP contribution in [-0.2, 0) is 16.0 Å². The Kier molecular flexibility index (Phi) is 12.8. The number of rotatable bonds is 11. The van der Waals surface area contributed by atoms with Gasteiger partial charge in [-0.2, -0.15) is 0 Å². The van der Waals surface area contributed by atoms with E-state index < -0.39 is 0 Å². The van der Waals surface area contributed by atoms with Crippen LogP contribution in [0, 0.1) is 5.92 Å². The van der Waals surface area contributed by atoms with Crippen LogP contribution in [0.25, 0.3) is 0 Å². The van der Waals surface area contributed by atoms with Crippen LogP contribution >= 0.6 is 24.0 Å². The monoisotopic (exact) mass is 532 g/mol. The molecule has 170 valence electrons. The first-order valence-corrected chi connectivity index (χ1v) is 10.7. The lowest BCUT2D eigenvalue weighted by Gasteiger charge is -2.20. The summed E-state index contributed by atoms with van der Waals surface area (Å²) in [6, 6.07) is 5.81. The maximum absolute atomic E-state index is 11.4. The second kappa shape index (κ2) is 14.5. The van der Waals surface area contributed by atoms with Crippen LogP contribution in [0.15, 0.2) is 23.2 Å². The number of guanidine groups is 1. The van der Waals surface area contributed by atoms with E-state index in [-0.39, 0.29) is 36.0 Å². The summed E-state index contributed by atoms with van der Waals surface area (Å²) in [6.07, 6.45) is 2.43. The van der Waals surface area contributed by atoms with Crippen molar-refractivity contribution in [3.63, 3.8) is 0 Å². The zero-order chi connectivity index (χ0) is 21.1. The van der Waals surface area contributed by atoms with Crippen LogP contribution in [0.4, 0.5) is 5.69 Å². The number of nitrogens with zero attached hydrogens (tertiary/aromatic N) is 1. The van der Waals surface area contributed by atoms with Gasteiger partial charge < -0.3 is 25.4 Å². The van der Waals surface area contributed by atoms with Gasteiger partial charge >= 0.3 is 0 Å². The molecule has 0 saturated heterocycles. The Morgan fingerprint density at radius 1 is 1.23 bits per heavy atom. The zero-order valence-corrected chi connectivity index (χ0v) is 21.0. The molecule has 0 bridgehead atoms.